The SMILES string of the molecule is CCc1cccc(C2(C)CCCCN(C)C(=O)Cc3c(c(F)cc4[nH]ccc34)Oc3ccc(F)c(c3)-c3ncc2[nH]3)c1. The number of nitrogens with one attached hydrogen (secondary N) is 2. The maximum Gasteiger partial charge on any atom is 0.226 e. The smallest absolute Gasteiger partial charge is 0.226 e. The second-order valence-electron chi connectivity index (χ2n) is 11.3. The van der Waals surface area contributed by atoms with Crippen molar-refractivity contribution in [3.05, 3.63) is 101 Å². The van der Waals surface area contributed by atoms with Crippen LogP contribution in [-0.2, 0) is 23.1 Å². The number of benzene rings is 3. The van der Waals surface area contributed by atoms with Crippen LogP contribution in [0.1, 0.15) is 55.5 Å². The van der Waals surface area contributed by atoms with Crippen molar-refractivity contribution in [2.75, 3.05) is 13.6 Å². The molecule has 2 aromatic heterocycles. The number of hydrogen-bond acceptors (Lipinski definition) is 3. The maximum atomic E-state index is 15.4. The molecular formula is C34H34F2N4O2. The Hall–Kier alpha value is -4.46. The predicted molar refractivity (Wildman–Crippen MR) is 160 cm³/mol. The highest BCUT2D eigenvalue weighted by Gasteiger charge is 2.32. The molecule has 0 radical (unpaired) electrons. The Balaban J connectivity index is 1.48. The van der Waals surface area contributed by atoms with Crippen molar-refractivity contribution in [3.8, 4) is 22.9 Å². The topological polar surface area (TPSA) is 74.0 Å². The van der Waals surface area contributed by atoms with Crippen LogP contribution < -0.4 is 4.74 Å². The molecule has 0 spiro atoms. The summed E-state index contributed by atoms with van der Waals surface area (Å²) < 4.78 is 36.8. The van der Waals surface area contributed by atoms with Crippen LogP contribution in [0.2, 0.25) is 0 Å². The molecule has 6 rings (SSSR count). The van der Waals surface area contributed by atoms with Crippen molar-refractivity contribution in [1.82, 2.24) is 19.9 Å². The third kappa shape index (κ3) is 5.06. The number of H-pyrrole nitrogens is 2. The van der Waals surface area contributed by atoms with Gasteiger partial charge in [0, 0.05) is 59.6 Å². The van der Waals surface area contributed by atoms with E-state index in [-0.39, 0.29) is 29.4 Å². The summed E-state index contributed by atoms with van der Waals surface area (Å²) in [4.78, 5) is 26.1. The Morgan fingerprint density at radius 1 is 1.07 bits per heavy atom. The summed E-state index contributed by atoms with van der Waals surface area (Å²) in [6.07, 6.45) is 6.80. The molecule has 1 unspecified atom stereocenters. The van der Waals surface area contributed by atoms with Gasteiger partial charge in [-0.3, -0.25) is 4.79 Å². The number of carbonyl (C=O) groups excluding carboxylic acids is 1. The first-order valence-electron chi connectivity index (χ1n) is 14.4. The van der Waals surface area contributed by atoms with Crippen LogP contribution in [0.3, 0.4) is 0 Å². The molecule has 1 amide bonds. The van der Waals surface area contributed by atoms with Gasteiger partial charge in [-0.05, 0) is 61.6 Å². The highest BCUT2D eigenvalue weighted by Crippen LogP contribution is 2.39. The number of hydrogen-bond donors (Lipinski definition) is 2. The van der Waals surface area contributed by atoms with Crippen molar-refractivity contribution in [1.29, 1.82) is 0 Å². The summed E-state index contributed by atoms with van der Waals surface area (Å²) in [5.41, 5.74) is 4.08. The van der Waals surface area contributed by atoms with Crippen molar-refractivity contribution >= 4 is 16.8 Å². The summed E-state index contributed by atoms with van der Waals surface area (Å²) in [7, 11) is 1.78. The van der Waals surface area contributed by atoms with Gasteiger partial charge in [-0.1, -0.05) is 37.6 Å². The number of aromatic nitrogens is 3. The van der Waals surface area contributed by atoms with Crippen LogP contribution in [0, 0.1) is 11.6 Å². The van der Waals surface area contributed by atoms with E-state index in [9.17, 15) is 4.79 Å². The largest absolute Gasteiger partial charge is 0.454 e. The van der Waals surface area contributed by atoms with Crippen molar-refractivity contribution in [2.45, 2.75) is 51.4 Å². The summed E-state index contributed by atoms with van der Waals surface area (Å²) in [5.74, 6) is -0.656. The molecule has 1 atom stereocenters. The minimum absolute atomic E-state index is 0.0331. The van der Waals surface area contributed by atoms with E-state index in [1.165, 1.54) is 29.8 Å². The quantitative estimate of drug-likeness (QED) is 0.229. The molecule has 5 aromatic rings. The van der Waals surface area contributed by atoms with E-state index in [1.54, 1.807) is 24.3 Å². The molecule has 1 aliphatic rings. The van der Waals surface area contributed by atoms with Crippen LogP contribution in [0.25, 0.3) is 22.3 Å². The number of carbonyl (C=O) groups is 1. The summed E-state index contributed by atoms with van der Waals surface area (Å²) in [6, 6.07) is 16.0. The first-order valence-corrected chi connectivity index (χ1v) is 14.4. The van der Waals surface area contributed by atoms with E-state index >= 15 is 8.78 Å². The van der Waals surface area contributed by atoms with Crippen molar-refractivity contribution in [2.24, 2.45) is 0 Å². The number of halogens is 2. The normalized spacial score (nSPS) is 18.0. The summed E-state index contributed by atoms with van der Waals surface area (Å²) >= 11 is 0. The molecule has 42 heavy (non-hydrogen) atoms. The molecule has 2 N–H and O–H groups in total. The fraction of sp³-hybridized carbons (Fsp3) is 0.294. The van der Waals surface area contributed by atoms with Gasteiger partial charge in [-0.25, -0.2) is 13.8 Å². The molecule has 0 saturated heterocycles. The number of fused-ring (bicyclic) bond motifs is 8. The van der Waals surface area contributed by atoms with E-state index in [0.29, 0.717) is 28.8 Å². The lowest BCUT2D eigenvalue weighted by atomic mass is 9.75. The lowest BCUT2D eigenvalue weighted by Gasteiger charge is -2.30. The Bertz CT molecular complexity index is 1770. The molecule has 4 bridgehead atoms. The van der Waals surface area contributed by atoms with Crippen LogP contribution in [0.15, 0.2) is 67.0 Å². The molecule has 6 nitrogen and oxygen atoms in total. The standard InChI is InChI=1S/C34H34F2N4O2/c1-4-21-8-7-9-22(16-21)34(2)13-5-6-15-40(3)31(41)18-25-24-12-14-37-29(24)19-28(36)32(25)42-23-10-11-27(35)26(17-23)33-38-20-30(34)39-33/h7-12,14,16-17,19-20,37H,4-6,13,15,18H2,1-3H3,(H,38,39). The van der Waals surface area contributed by atoms with E-state index in [4.69, 9.17) is 4.74 Å². The zero-order chi connectivity index (χ0) is 29.4. The highest BCUT2D eigenvalue weighted by atomic mass is 19.1. The Morgan fingerprint density at radius 3 is 2.76 bits per heavy atom. The minimum Gasteiger partial charge on any atom is -0.454 e. The molecule has 216 valence electrons. The Labute approximate surface area is 243 Å². The number of imidazole rings is 1. The fourth-order valence-electron chi connectivity index (χ4n) is 5.92. The number of aromatic amines is 2. The van der Waals surface area contributed by atoms with E-state index in [0.717, 1.165) is 36.9 Å². The van der Waals surface area contributed by atoms with Gasteiger partial charge in [0.1, 0.15) is 17.4 Å². The van der Waals surface area contributed by atoms with Crippen LogP contribution in [-0.4, -0.2) is 39.4 Å². The zero-order valence-electron chi connectivity index (χ0n) is 24.1. The van der Waals surface area contributed by atoms with Crippen LogP contribution >= 0.6 is 0 Å². The zero-order valence-corrected chi connectivity index (χ0v) is 24.1. The molecule has 0 saturated carbocycles. The van der Waals surface area contributed by atoms with Gasteiger partial charge in [0.15, 0.2) is 11.6 Å². The third-order valence-corrected chi connectivity index (χ3v) is 8.60. The van der Waals surface area contributed by atoms with Crippen LogP contribution in [0.4, 0.5) is 8.78 Å². The van der Waals surface area contributed by atoms with Gasteiger partial charge in [-0.15, -0.1) is 0 Å². The second kappa shape index (κ2) is 11.1. The number of ether oxygens (including phenoxy) is 1. The number of rotatable bonds is 2. The first-order chi connectivity index (χ1) is 20.3. The monoisotopic (exact) mass is 568 g/mol. The average molecular weight is 569 g/mol. The number of aryl methyl sites for hydroxylation is 1. The van der Waals surface area contributed by atoms with Gasteiger partial charge in [0.25, 0.3) is 0 Å². The van der Waals surface area contributed by atoms with E-state index < -0.39 is 17.0 Å². The molecular weight excluding hydrogens is 534 g/mol. The summed E-state index contributed by atoms with van der Waals surface area (Å²) in [5, 5.41) is 0.703. The predicted octanol–water partition coefficient (Wildman–Crippen LogP) is 7.68. The molecule has 0 aliphatic carbocycles. The highest BCUT2D eigenvalue weighted by molar-refractivity contribution is 5.91. The van der Waals surface area contributed by atoms with Crippen LogP contribution in [0.5, 0.6) is 11.5 Å². The van der Waals surface area contributed by atoms with Crippen molar-refractivity contribution in [3.63, 3.8) is 0 Å². The lowest BCUT2D eigenvalue weighted by Crippen LogP contribution is -2.30. The maximum absolute atomic E-state index is 15.4. The molecule has 1 aliphatic heterocycles. The van der Waals surface area contributed by atoms with Gasteiger partial charge < -0.3 is 19.6 Å². The molecule has 0 fully saturated rings. The van der Waals surface area contributed by atoms with E-state index in [1.807, 2.05) is 6.07 Å². The number of amides is 1. The van der Waals surface area contributed by atoms with E-state index in [2.05, 4.69) is 53.1 Å². The molecule has 3 aromatic carbocycles. The van der Waals surface area contributed by atoms with Gasteiger partial charge in [0.2, 0.25) is 5.91 Å². The lowest BCUT2D eigenvalue weighted by molar-refractivity contribution is -0.129. The van der Waals surface area contributed by atoms with Gasteiger partial charge >= 0.3 is 0 Å². The first kappa shape index (κ1) is 27.7. The number of likely N-dealkylation sites (N-methyl/N-ethyl adjacent to an activating group) is 1. The van der Waals surface area contributed by atoms with Gasteiger partial charge in [-0.2, -0.15) is 0 Å². The molecule has 8 heteroatoms. The Kier molecular flexibility index (Phi) is 7.31. The number of nitrogens with zero attached hydrogens (tertiary/aromatic N) is 2. The van der Waals surface area contributed by atoms with Crippen molar-refractivity contribution < 1.29 is 18.3 Å². The van der Waals surface area contributed by atoms with Gasteiger partial charge in [0.05, 0.1) is 12.0 Å². The minimum atomic E-state index is -0.607. The fourth-order valence-corrected chi connectivity index (χ4v) is 5.92. The third-order valence-electron chi connectivity index (χ3n) is 8.60. The summed E-state index contributed by atoms with van der Waals surface area (Å²) in [6.45, 7) is 4.87. The molecule has 3 heterocycles. The second-order valence-corrected chi connectivity index (χ2v) is 11.3. The Morgan fingerprint density at radius 2 is 1.93 bits per heavy atom. The average Bonchev–Trinajstić information content (AvgIpc) is 3.68.